The molecule has 2 heterocycles. The van der Waals surface area contributed by atoms with E-state index in [1.54, 1.807) is 17.6 Å². The normalized spacial score (nSPS) is 10.9. The fraction of sp³-hybridized carbons (Fsp3) is 0.500. The summed E-state index contributed by atoms with van der Waals surface area (Å²) in [5.74, 6) is 0.848. The predicted octanol–water partition coefficient (Wildman–Crippen LogP) is 2.65. The third kappa shape index (κ3) is 3.14. The van der Waals surface area contributed by atoms with Crippen LogP contribution in [-0.4, -0.2) is 23.3 Å². The largest absolute Gasteiger partial charge is 0.461 e. The smallest absolute Gasteiger partial charge is 0.183 e. The van der Waals surface area contributed by atoms with Crippen LogP contribution in [0.4, 0.5) is 0 Å². The van der Waals surface area contributed by atoms with Crippen LogP contribution < -0.4 is 5.32 Å². The molecule has 0 aliphatic carbocycles. The lowest BCUT2D eigenvalue weighted by Gasteiger charge is -1.97. The Morgan fingerprint density at radius 1 is 1.41 bits per heavy atom. The molecule has 2 aromatic heterocycles. The maximum atomic E-state index is 5.40. The first kappa shape index (κ1) is 12.3. The zero-order chi connectivity index (χ0) is 12.1. The molecule has 0 radical (unpaired) electrons. The molecule has 0 fully saturated rings. The van der Waals surface area contributed by atoms with E-state index in [2.05, 4.69) is 22.4 Å². The van der Waals surface area contributed by atoms with Crippen LogP contribution in [0.5, 0.6) is 0 Å². The topological polar surface area (TPSA) is 51.0 Å². The Labute approximate surface area is 105 Å². The highest BCUT2D eigenvalue weighted by Crippen LogP contribution is 2.27. The molecule has 0 aliphatic heterocycles. The van der Waals surface area contributed by atoms with Crippen LogP contribution in [0.2, 0.25) is 0 Å². The minimum Gasteiger partial charge on any atom is -0.461 e. The van der Waals surface area contributed by atoms with Crippen molar-refractivity contribution in [1.29, 1.82) is 0 Å². The number of nitrogens with zero attached hydrogens (tertiary/aromatic N) is 2. The van der Waals surface area contributed by atoms with E-state index < -0.39 is 0 Å². The number of rotatable bonds is 6. The Bertz CT molecular complexity index is 464. The first-order chi connectivity index (χ1) is 8.31. The van der Waals surface area contributed by atoms with Crippen molar-refractivity contribution < 1.29 is 4.42 Å². The zero-order valence-corrected chi connectivity index (χ0v) is 11.0. The highest BCUT2D eigenvalue weighted by Gasteiger charge is 2.11. The number of nitrogens with one attached hydrogen (secondary N) is 1. The van der Waals surface area contributed by atoms with Crippen LogP contribution in [0.25, 0.3) is 10.8 Å². The maximum absolute atomic E-state index is 5.40. The van der Waals surface area contributed by atoms with Gasteiger partial charge in [-0.3, -0.25) is 0 Å². The Hall–Kier alpha value is -1.20. The summed E-state index contributed by atoms with van der Waals surface area (Å²) in [5, 5.41) is 13.6. The predicted molar refractivity (Wildman–Crippen MR) is 69.2 cm³/mol. The molecule has 2 aromatic rings. The van der Waals surface area contributed by atoms with Crippen LogP contribution in [0, 0.1) is 6.92 Å². The Morgan fingerprint density at radius 2 is 2.29 bits per heavy atom. The number of aromatic nitrogens is 2. The van der Waals surface area contributed by atoms with Crippen molar-refractivity contribution in [3.8, 4) is 10.8 Å². The van der Waals surface area contributed by atoms with Crippen molar-refractivity contribution in [3.63, 3.8) is 0 Å². The van der Waals surface area contributed by atoms with E-state index in [0.717, 1.165) is 47.3 Å². The molecule has 0 bridgehead atoms. The van der Waals surface area contributed by atoms with Crippen LogP contribution in [0.15, 0.2) is 16.7 Å². The van der Waals surface area contributed by atoms with Crippen molar-refractivity contribution in [2.24, 2.45) is 0 Å². The van der Waals surface area contributed by atoms with Crippen molar-refractivity contribution in [1.82, 2.24) is 15.5 Å². The molecule has 1 N–H and O–H groups in total. The van der Waals surface area contributed by atoms with Crippen LogP contribution in [0.1, 0.15) is 23.9 Å². The lowest BCUT2D eigenvalue weighted by Crippen LogP contribution is -2.14. The summed E-state index contributed by atoms with van der Waals surface area (Å²) < 4.78 is 5.40. The summed E-state index contributed by atoms with van der Waals surface area (Å²) in [6.45, 7) is 6.19. The summed E-state index contributed by atoms with van der Waals surface area (Å²) in [6.07, 6.45) is 3.76. The van der Waals surface area contributed by atoms with Gasteiger partial charge in [0.2, 0.25) is 0 Å². The maximum Gasteiger partial charge on any atom is 0.183 e. The van der Waals surface area contributed by atoms with E-state index in [0.29, 0.717) is 0 Å². The molecule has 2 rings (SSSR count). The fourth-order valence-corrected chi connectivity index (χ4v) is 2.51. The van der Waals surface area contributed by atoms with Crippen LogP contribution >= 0.6 is 11.3 Å². The van der Waals surface area contributed by atoms with Gasteiger partial charge in [0.25, 0.3) is 0 Å². The minimum absolute atomic E-state index is 0.848. The molecule has 0 saturated heterocycles. The quantitative estimate of drug-likeness (QED) is 0.802. The van der Waals surface area contributed by atoms with Gasteiger partial charge >= 0.3 is 0 Å². The van der Waals surface area contributed by atoms with E-state index in [4.69, 9.17) is 4.42 Å². The van der Waals surface area contributed by atoms with Gasteiger partial charge in [-0.15, -0.1) is 10.2 Å². The zero-order valence-electron chi connectivity index (χ0n) is 10.2. The number of furan rings is 1. The molecule has 0 saturated carbocycles. The molecule has 0 unspecified atom stereocenters. The van der Waals surface area contributed by atoms with Crippen LogP contribution in [-0.2, 0) is 6.42 Å². The number of aryl methyl sites for hydroxylation is 2. The average molecular weight is 251 g/mol. The van der Waals surface area contributed by atoms with E-state index in [-0.39, 0.29) is 0 Å². The summed E-state index contributed by atoms with van der Waals surface area (Å²) >= 11 is 1.62. The first-order valence-corrected chi connectivity index (χ1v) is 6.70. The summed E-state index contributed by atoms with van der Waals surface area (Å²) in [6, 6.07) is 1.95. The monoisotopic (exact) mass is 251 g/mol. The average Bonchev–Trinajstić information content (AvgIpc) is 2.93. The molecule has 4 nitrogen and oxygen atoms in total. The Balaban J connectivity index is 1.95. The molecule has 5 heteroatoms. The van der Waals surface area contributed by atoms with Gasteiger partial charge < -0.3 is 9.73 Å². The molecule has 0 spiro atoms. The molecule has 0 atom stereocenters. The Morgan fingerprint density at radius 3 is 3.00 bits per heavy atom. The third-order valence-electron chi connectivity index (χ3n) is 2.52. The number of hydrogen-bond acceptors (Lipinski definition) is 5. The van der Waals surface area contributed by atoms with Gasteiger partial charge in [-0.1, -0.05) is 18.3 Å². The lowest BCUT2D eigenvalue weighted by atomic mass is 10.3. The van der Waals surface area contributed by atoms with E-state index in [1.165, 1.54) is 0 Å². The summed E-state index contributed by atoms with van der Waals surface area (Å²) in [4.78, 5) is 0. The molecule has 0 aromatic carbocycles. The van der Waals surface area contributed by atoms with Crippen molar-refractivity contribution in [2.45, 2.75) is 26.7 Å². The molecular formula is C12H17N3OS. The molecule has 92 valence electrons. The van der Waals surface area contributed by atoms with Crippen molar-refractivity contribution in [2.75, 3.05) is 13.1 Å². The van der Waals surface area contributed by atoms with E-state index in [9.17, 15) is 0 Å². The van der Waals surface area contributed by atoms with Gasteiger partial charge in [0.1, 0.15) is 5.01 Å². The SMILES string of the molecule is CCNCCCc1nnc(-c2occc2C)s1. The lowest BCUT2D eigenvalue weighted by molar-refractivity contribution is 0.579. The highest BCUT2D eigenvalue weighted by atomic mass is 32.1. The Kier molecular flexibility index (Phi) is 4.28. The summed E-state index contributed by atoms with van der Waals surface area (Å²) in [5.41, 5.74) is 1.11. The number of hydrogen-bond donors (Lipinski definition) is 1. The second-order valence-corrected chi connectivity index (χ2v) is 4.95. The van der Waals surface area contributed by atoms with Crippen molar-refractivity contribution in [3.05, 3.63) is 22.9 Å². The molecule has 17 heavy (non-hydrogen) atoms. The van der Waals surface area contributed by atoms with E-state index >= 15 is 0 Å². The molecule has 0 aliphatic rings. The second-order valence-electron chi connectivity index (χ2n) is 3.89. The molecular weight excluding hydrogens is 234 g/mol. The second kappa shape index (κ2) is 5.93. The summed E-state index contributed by atoms with van der Waals surface area (Å²) in [7, 11) is 0. The highest BCUT2D eigenvalue weighted by molar-refractivity contribution is 7.14. The van der Waals surface area contributed by atoms with Gasteiger partial charge in [-0.2, -0.15) is 0 Å². The molecule has 0 amide bonds. The van der Waals surface area contributed by atoms with Crippen LogP contribution in [0.3, 0.4) is 0 Å². The standard InChI is InChI=1S/C12H17N3OS/c1-3-13-7-4-5-10-14-15-12(17-10)11-9(2)6-8-16-11/h6,8,13H,3-5,7H2,1-2H3. The fourth-order valence-electron chi connectivity index (χ4n) is 1.58. The van der Waals surface area contributed by atoms with Gasteiger partial charge in [0.15, 0.2) is 10.8 Å². The van der Waals surface area contributed by atoms with Gasteiger partial charge in [0, 0.05) is 6.42 Å². The first-order valence-electron chi connectivity index (χ1n) is 5.89. The minimum atomic E-state index is 0.848. The van der Waals surface area contributed by atoms with Crippen molar-refractivity contribution >= 4 is 11.3 Å². The third-order valence-corrected chi connectivity index (χ3v) is 3.50. The van der Waals surface area contributed by atoms with Gasteiger partial charge in [-0.05, 0) is 38.1 Å². The van der Waals surface area contributed by atoms with Gasteiger partial charge in [0.05, 0.1) is 6.26 Å². The van der Waals surface area contributed by atoms with E-state index in [1.807, 2.05) is 13.0 Å². The van der Waals surface area contributed by atoms with Gasteiger partial charge in [-0.25, -0.2) is 0 Å².